The summed E-state index contributed by atoms with van der Waals surface area (Å²) < 4.78 is 49.4. The predicted octanol–water partition coefficient (Wildman–Crippen LogP) is 0.608. The molecule has 7 nitrogen and oxygen atoms in total. The topological polar surface area (TPSA) is 84.9 Å². The third-order valence-corrected chi connectivity index (χ3v) is 4.99. The maximum atomic E-state index is 13.4. The van der Waals surface area contributed by atoms with Crippen molar-refractivity contribution in [3.63, 3.8) is 0 Å². The number of benzene rings is 1. The summed E-state index contributed by atoms with van der Waals surface area (Å²) >= 11 is 0. The SMILES string of the molecule is CCN(CC(=O)NCCOC)S(=O)(=O)c1cc(F)ccc1OC. The fourth-order valence-electron chi connectivity index (χ4n) is 1.87. The molecule has 1 amide bonds. The van der Waals surface area contributed by atoms with E-state index in [-0.39, 0.29) is 30.3 Å². The number of rotatable bonds is 9. The van der Waals surface area contributed by atoms with Gasteiger partial charge in [-0.05, 0) is 18.2 Å². The fourth-order valence-corrected chi connectivity index (χ4v) is 3.44. The highest BCUT2D eigenvalue weighted by molar-refractivity contribution is 7.89. The van der Waals surface area contributed by atoms with Crippen molar-refractivity contribution in [3.05, 3.63) is 24.0 Å². The van der Waals surface area contributed by atoms with Crippen LogP contribution in [0.3, 0.4) is 0 Å². The molecule has 0 heterocycles. The second kappa shape index (κ2) is 8.80. The molecule has 0 aliphatic carbocycles. The minimum atomic E-state index is -4.07. The van der Waals surface area contributed by atoms with Gasteiger partial charge in [0, 0.05) is 20.2 Å². The number of methoxy groups -OCH3 is 2. The monoisotopic (exact) mass is 348 g/mol. The molecule has 0 radical (unpaired) electrons. The Bertz CT molecular complexity index is 636. The summed E-state index contributed by atoms with van der Waals surface area (Å²) in [5, 5.41) is 2.54. The lowest BCUT2D eigenvalue weighted by molar-refractivity contribution is -0.121. The van der Waals surface area contributed by atoms with E-state index in [1.807, 2.05) is 0 Å². The van der Waals surface area contributed by atoms with Crippen LogP contribution in [0.4, 0.5) is 4.39 Å². The molecule has 0 spiro atoms. The molecule has 130 valence electrons. The number of halogens is 1. The van der Waals surface area contributed by atoms with Crippen LogP contribution in [0, 0.1) is 5.82 Å². The van der Waals surface area contributed by atoms with Gasteiger partial charge in [-0.15, -0.1) is 0 Å². The molecule has 23 heavy (non-hydrogen) atoms. The number of amides is 1. The van der Waals surface area contributed by atoms with Gasteiger partial charge in [-0.3, -0.25) is 4.79 Å². The summed E-state index contributed by atoms with van der Waals surface area (Å²) in [6.07, 6.45) is 0. The van der Waals surface area contributed by atoms with Crippen LogP contribution >= 0.6 is 0 Å². The first-order chi connectivity index (χ1) is 10.9. The number of likely N-dealkylation sites (N-methyl/N-ethyl adjacent to an activating group) is 1. The van der Waals surface area contributed by atoms with Gasteiger partial charge >= 0.3 is 0 Å². The zero-order valence-electron chi connectivity index (χ0n) is 13.3. The molecule has 1 aromatic carbocycles. The molecule has 9 heteroatoms. The minimum Gasteiger partial charge on any atom is -0.495 e. The highest BCUT2D eigenvalue weighted by Crippen LogP contribution is 2.27. The lowest BCUT2D eigenvalue weighted by Gasteiger charge is -2.21. The number of hydrogen-bond acceptors (Lipinski definition) is 5. The number of ether oxygens (including phenoxy) is 2. The van der Waals surface area contributed by atoms with Crippen LogP contribution in [0.2, 0.25) is 0 Å². The van der Waals surface area contributed by atoms with Gasteiger partial charge in [-0.25, -0.2) is 12.8 Å². The number of nitrogens with one attached hydrogen (secondary N) is 1. The van der Waals surface area contributed by atoms with Gasteiger partial charge in [0.1, 0.15) is 16.5 Å². The second-order valence-corrected chi connectivity index (χ2v) is 6.48. The normalized spacial score (nSPS) is 11.5. The van der Waals surface area contributed by atoms with Crippen LogP contribution in [0.5, 0.6) is 5.75 Å². The third kappa shape index (κ3) is 5.15. The first-order valence-corrected chi connectivity index (χ1v) is 8.40. The molecule has 1 N–H and O–H groups in total. The largest absolute Gasteiger partial charge is 0.495 e. The van der Waals surface area contributed by atoms with Crippen molar-refractivity contribution in [3.8, 4) is 5.75 Å². The number of carbonyl (C=O) groups is 1. The van der Waals surface area contributed by atoms with Gasteiger partial charge in [0.05, 0.1) is 20.3 Å². The van der Waals surface area contributed by atoms with Gasteiger partial charge in [-0.1, -0.05) is 6.92 Å². The van der Waals surface area contributed by atoms with Gasteiger partial charge in [0.2, 0.25) is 15.9 Å². The molecule has 1 aromatic rings. The van der Waals surface area contributed by atoms with E-state index in [1.165, 1.54) is 20.3 Å². The molecule has 0 saturated carbocycles. The Kier molecular flexibility index (Phi) is 7.40. The molecule has 0 aliphatic heterocycles. The van der Waals surface area contributed by atoms with E-state index in [2.05, 4.69) is 5.32 Å². The fraction of sp³-hybridized carbons (Fsp3) is 0.500. The Labute approximate surface area is 135 Å². The predicted molar refractivity (Wildman–Crippen MR) is 82.3 cm³/mol. The van der Waals surface area contributed by atoms with Crippen LogP contribution in [-0.4, -0.2) is 59.1 Å². The Hall–Kier alpha value is -1.71. The van der Waals surface area contributed by atoms with Crippen molar-refractivity contribution in [2.45, 2.75) is 11.8 Å². The van der Waals surface area contributed by atoms with Crippen molar-refractivity contribution in [1.29, 1.82) is 0 Å². The van der Waals surface area contributed by atoms with Gasteiger partial charge in [0.25, 0.3) is 0 Å². The van der Waals surface area contributed by atoms with E-state index in [0.29, 0.717) is 6.61 Å². The van der Waals surface area contributed by atoms with Gasteiger partial charge in [-0.2, -0.15) is 4.31 Å². The summed E-state index contributed by atoms with van der Waals surface area (Å²) in [6.45, 7) is 1.87. The molecular formula is C14H21FN2O5S. The maximum Gasteiger partial charge on any atom is 0.247 e. The van der Waals surface area contributed by atoms with E-state index in [1.54, 1.807) is 6.92 Å². The average Bonchev–Trinajstić information content (AvgIpc) is 2.52. The van der Waals surface area contributed by atoms with Gasteiger partial charge in [0.15, 0.2) is 0 Å². The standard InChI is InChI=1S/C14H21FN2O5S/c1-4-17(10-14(18)16-7-8-21-2)23(19,20)13-9-11(15)5-6-12(13)22-3/h5-6,9H,4,7-8,10H2,1-3H3,(H,16,18). The number of sulfonamides is 1. The molecule has 0 aromatic heterocycles. The minimum absolute atomic E-state index is 0.0182. The van der Waals surface area contributed by atoms with Crippen LogP contribution < -0.4 is 10.1 Å². The molecule has 0 bridgehead atoms. The molecule has 0 fully saturated rings. The second-order valence-electron chi connectivity index (χ2n) is 4.57. The number of carbonyl (C=O) groups excluding carboxylic acids is 1. The Balaban J connectivity index is 2.99. The van der Waals surface area contributed by atoms with E-state index in [9.17, 15) is 17.6 Å². The van der Waals surface area contributed by atoms with Gasteiger partial charge < -0.3 is 14.8 Å². The summed E-state index contributed by atoms with van der Waals surface area (Å²) in [7, 11) is -1.28. The first kappa shape index (κ1) is 19.3. The van der Waals surface area contributed by atoms with E-state index >= 15 is 0 Å². The van der Waals surface area contributed by atoms with Crippen molar-refractivity contribution >= 4 is 15.9 Å². The molecular weight excluding hydrogens is 327 g/mol. The summed E-state index contributed by atoms with van der Waals surface area (Å²) in [4.78, 5) is 11.5. The Morgan fingerprint density at radius 3 is 2.61 bits per heavy atom. The quantitative estimate of drug-likeness (QED) is 0.661. The molecule has 0 atom stereocenters. The molecule has 1 rings (SSSR count). The van der Waals surface area contributed by atoms with E-state index in [4.69, 9.17) is 9.47 Å². The van der Waals surface area contributed by atoms with Crippen molar-refractivity contribution in [1.82, 2.24) is 9.62 Å². The Morgan fingerprint density at radius 2 is 2.04 bits per heavy atom. The summed E-state index contributed by atoms with van der Waals surface area (Å²) in [6, 6.07) is 3.21. The lowest BCUT2D eigenvalue weighted by Crippen LogP contribution is -2.41. The molecule has 0 unspecified atom stereocenters. The van der Waals surface area contributed by atoms with Crippen LogP contribution in [0.25, 0.3) is 0 Å². The molecule has 0 saturated heterocycles. The van der Waals surface area contributed by atoms with Crippen LogP contribution in [0.1, 0.15) is 6.92 Å². The van der Waals surface area contributed by atoms with Crippen LogP contribution in [-0.2, 0) is 19.6 Å². The lowest BCUT2D eigenvalue weighted by atomic mass is 10.3. The highest BCUT2D eigenvalue weighted by Gasteiger charge is 2.28. The van der Waals surface area contributed by atoms with Crippen LogP contribution in [0.15, 0.2) is 23.1 Å². The first-order valence-electron chi connectivity index (χ1n) is 6.96. The molecule has 0 aliphatic rings. The number of hydrogen-bond donors (Lipinski definition) is 1. The third-order valence-electron chi connectivity index (χ3n) is 3.04. The Morgan fingerprint density at radius 1 is 1.35 bits per heavy atom. The zero-order chi connectivity index (χ0) is 17.5. The van der Waals surface area contributed by atoms with E-state index in [0.717, 1.165) is 16.4 Å². The average molecular weight is 348 g/mol. The van der Waals surface area contributed by atoms with Crippen molar-refractivity contribution in [2.24, 2.45) is 0 Å². The highest BCUT2D eigenvalue weighted by atomic mass is 32.2. The van der Waals surface area contributed by atoms with E-state index < -0.39 is 21.7 Å². The number of nitrogens with zero attached hydrogens (tertiary/aromatic N) is 1. The van der Waals surface area contributed by atoms with Crippen molar-refractivity contribution in [2.75, 3.05) is 40.5 Å². The summed E-state index contributed by atoms with van der Waals surface area (Å²) in [5.74, 6) is -1.16. The maximum absolute atomic E-state index is 13.4. The smallest absolute Gasteiger partial charge is 0.247 e. The summed E-state index contributed by atoms with van der Waals surface area (Å²) in [5.41, 5.74) is 0. The van der Waals surface area contributed by atoms with Crippen molar-refractivity contribution < 1.29 is 27.1 Å². The zero-order valence-corrected chi connectivity index (χ0v) is 14.2.